The molecule has 0 saturated heterocycles. The van der Waals surface area contributed by atoms with Crippen LogP contribution in [0.15, 0.2) is 35.8 Å². The zero-order chi connectivity index (χ0) is 24.2. The van der Waals surface area contributed by atoms with Crippen LogP contribution in [-0.4, -0.2) is 41.3 Å². The second-order valence-electron chi connectivity index (χ2n) is 9.39. The summed E-state index contributed by atoms with van der Waals surface area (Å²) in [5, 5.41) is 20.4. The van der Waals surface area contributed by atoms with Gasteiger partial charge in [-0.25, -0.2) is 8.78 Å². The number of benzene rings is 1. The van der Waals surface area contributed by atoms with E-state index < -0.39 is 6.43 Å². The topological polar surface area (TPSA) is 69.0 Å². The molecule has 0 amide bonds. The van der Waals surface area contributed by atoms with E-state index in [1.807, 2.05) is 18.7 Å². The van der Waals surface area contributed by atoms with Gasteiger partial charge in [-0.2, -0.15) is 5.10 Å². The maximum Gasteiger partial charge on any atom is 0.264 e. The standard InChI is InChI=1S/C26H36F2N6/c1-4-34(26(29)22-15-30-11-10-23(22)32-19-8-6-5-7-9-19)24-13-21(25(27)28)20(12-17(24)2)18-14-31-33(3)16-18/h12-14,16,19,25,29-30,32H,4-11,15H2,1-3H3. The average Bonchev–Trinajstić information content (AvgIpc) is 3.27. The van der Waals surface area contributed by atoms with E-state index in [2.05, 4.69) is 15.7 Å². The molecular weight excluding hydrogens is 434 g/mol. The summed E-state index contributed by atoms with van der Waals surface area (Å²) in [6.45, 7) is 5.91. The van der Waals surface area contributed by atoms with Crippen molar-refractivity contribution in [3.63, 3.8) is 0 Å². The quantitative estimate of drug-likeness (QED) is 0.379. The smallest absolute Gasteiger partial charge is 0.264 e. The van der Waals surface area contributed by atoms with E-state index in [1.165, 1.54) is 32.1 Å². The van der Waals surface area contributed by atoms with Gasteiger partial charge in [0, 0.05) is 73.4 Å². The predicted molar refractivity (Wildman–Crippen MR) is 134 cm³/mol. The third-order valence-corrected chi connectivity index (χ3v) is 6.98. The van der Waals surface area contributed by atoms with Gasteiger partial charge in [0.25, 0.3) is 6.43 Å². The Morgan fingerprint density at radius 1 is 1.29 bits per heavy atom. The fourth-order valence-corrected chi connectivity index (χ4v) is 5.17. The summed E-state index contributed by atoms with van der Waals surface area (Å²) in [6, 6.07) is 3.83. The third-order valence-electron chi connectivity index (χ3n) is 6.98. The fraction of sp³-hybridized carbons (Fsp3) is 0.538. The molecule has 8 heteroatoms. The maximum atomic E-state index is 14.1. The molecule has 1 aromatic heterocycles. The maximum absolute atomic E-state index is 14.1. The lowest BCUT2D eigenvalue weighted by Crippen LogP contribution is -2.42. The fourth-order valence-electron chi connectivity index (χ4n) is 5.17. The number of rotatable bonds is 7. The van der Waals surface area contributed by atoms with E-state index in [9.17, 15) is 8.78 Å². The van der Waals surface area contributed by atoms with Gasteiger partial charge in [-0.3, -0.25) is 10.1 Å². The molecule has 1 saturated carbocycles. The van der Waals surface area contributed by atoms with E-state index in [1.54, 1.807) is 36.3 Å². The summed E-state index contributed by atoms with van der Waals surface area (Å²) in [6.07, 6.45) is 7.72. The number of alkyl halides is 2. The SMILES string of the molecule is CCN(C(=N)C1=C(NC2CCCCC2)CCNC1)c1cc(C(F)F)c(-c2cnn(C)c2)cc1C. The molecule has 0 radical (unpaired) electrons. The molecule has 1 aromatic carbocycles. The van der Waals surface area contributed by atoms with Crippen molar-refractivity contribution in [2.75, 3.05) is 24.5 Å². The first-order chi connectivity index (χ1) is 16.4. The largest absolute Gasteiger partial charge is 0.385 e. The lowest BCUT2D eigenvalue weighted by atomic mass is 9.94. The van der Waals surface area contributed by atoms with Crippen molar-refractivity contribution in [1.29, 1.82) is 5.41 Å². The van der Waals surface area contributed by atoms with E-state index in [0.29, 0.717) is 41.8 Å². The molecule has 1 aliphatic carbocycles. The second-order valence-corrected chi connectivity index (χ2v) is 9.39. The normalized spacial score (nSPS) is 17.4. The highest BCUT2D eigenvalue weighted by molar-refractivity contribution is 6.09. The number of nitrogens with zero attached hydrogens (tertiary/aromatic N) is 3. The van der Waals surface area contributed by atoms with Gasteiger partial charge in [0.1, 0.15) is 5.84 Å². The Kier molecular flexibility index (Phi) is 7.66. The Morgan fingerprint density at radius 2 is 2.06 bits per heavy atom. The molecule has 1 aliphatic heterocycles. The van der Waals surface area contributed by atoms with Gasteiger partial charge in [-0.1, -0.05) is 19.3 Å². The van der Waals surface area contributed by atoms with Gasteiger partial charge >= 0.3 is 0 Å². The lowest BCUT2D eigenvalue weighted by Gasteiger charge is -2.33. The van der Waals surface area contributed by atoms with Crippen LogP contribution in [0.3, 0.4) is 0 Å². The van der Waals surface area contributed by atoms with E-state index in [0.717, 1.165) is 29.8 Å². The molecular formula is C26H36F2N6. The van der Waals surface area contributed by atoms with Gasteiger partial charge in [-0.15, -0.1) is 0 Å². The Balaban J connectivity index is 1.69. The van der Waals surface area contributed by atoms with Crippen molar-refractivity contribution < 1.29 is 8.78 Å². The first-order valence-electron chi connectivity index (χ1n) is 12.4. The van der Waals surface area contributed by atoms with Crippen molar-refractivity contribution in [1.82, 2.24) is 20.4 Å². The summed E-state index contributed by atoms with van der Waals surface area (Å²) < 4.78 is 29.9. The zero-order valence-electron chi connectivity index (χ0n) is 20.4. The highest BCUT2D eigenvalue weighted by atomic mass is 19.3. The van der Waals surface area contributed by atoms with Crippen LogP contribution in [0, 0.1) is 12.3 Å². The number of hydrogen-bond acceptors (Lipinski definition) is 4. The van der Waals surface area contributed by atoms with Crippen molar-refractivity contribution >= 4 is 11.5 Å². The third kappa shape index (κ3) is 5.17. The molecule has 0 spiro atoms. The average molecular weight is 471 g/mol. The number of aromatic nitrogens is 2. The lowest BCUT2D eigenvalue weighted by molar-refractivity contribution is 0.152. The molecule has 3 N–H and O–H groups in total. The number of nitrogens with one attached hydrogen (secondary N) is 3. The molecule has 1 fully saturated rings. The number of likely N-dealkylation sites (N-methyl/N-ethyl adjacent to an activating group) is 1. The number of halogens is 2. The monoisotopic (exact) mass is 470 g/mol. The van der Waals surface area contributed by atoms with Crippen LogP contribution in [0.25, 0.3) is 11.1 Å². The van der Waals surface area contributed by atoms with Gasteiger partial charge < -0.3 is 15.5 Å². The molecule has 2 heterocycles. The molecule has 2 aliphatic rings. The molecule has 34 heavy (non-hydrogen) atoms. The summed E-state index contributed by atoms with van der Waals surface area (Å²) in [5.74, 6) is 0.380. The number of hydrogen-bond donors (Lipinski definition) is 3. The zero-order valence-corrected chi connectivity index (χ0v) is 20.4. The van der Waals surface area contributed by atoms with Crippen LogP contribution in [0.1, 0.15) is 63.0 Å². The molecule has 184 valence electrons. The minimum absolute atomic E-state index is 0.0313. The number of anilines is 1. The van der Waals surface area contributed by atoms with Gasteiger partial charge in [0.15, 0.2) is 0 Å². The summed E-state index contributed by atoms with van der Waals surface area (Å²) in [5.41, 5.74) is 4.72. The molecule has 2 aromatic rings. The van der Waals surface area contributed by atoms with Crippen LogP contribution in [0.2, 0.25) is 0 Å². The Hall–Kier alpha value is -2.74. The van der Waals surface area contributed by atoms with Crippen molar-refractivity contribution in [2.24, 2.45) is 7.05 Å². The van der Waals surface area contributed by atoms with Crippen LogP contribution in [0.4, 0.5) is 14.5 Å². The van der Waals surface area contributed by atoms with Crippen LogP contribution >= 0.6 is 0 Å². The first kappa shape index (κ1) is 24.4. The van der Waals surface area contributed by atoms with Crippen LogP contribution < -0.4 is 15.5 Å². The second kappa shape index (κ2) is 10.7. The predicted octanol–water partition coefficient (Wildman–Crippen LogP) is 5.31. The van der Waals surface area contributed by atoms with Gasteiger partial charge in [-0.05, 0) is 49.9 Å². The van der Waals surface area contributed by atoms with Crippen molar-refractivity contribution in [3.8, 4) is 11.1 Å². The Morgan fingerprint density at radius 3 is 2.71 bits per heavy atom. The molecule has 0 unspecified atom stereocenters. The summed E-state index contributed by atoms with van der Waals surface area (Å²) >= 11 is 0. The minimum atomic E-state index is -2.62. The van der Waals surface area contributed by atoms with Gasteiger partial charge in [0.2, 0.25) is 0 Å². The van der Waals surface area contributed by atoms with Crippen molar-refractivity contribution in [2.45, 2.75) is 64.8 Å². The first-order valence-corrected chi connectivity index (χ1v) is 12.4. The Bertz CT molecular complexity index is 1050. The van der Waals surface area contributed by atoms with Crippen LogP contribution in [0.5, 0.6) is 0 Å². The highest BCUT2D eigenvalue weighted by Crippen LogP contribution is 2.37. The van der Waals surface area contributed by atoms with E-state index >= 15 is 0 Å². The molecule has 4 rings (SSSR count). The van der Waals surface area contributed by atoms with Crippen molar-refractivity contribution in [3.05, 3.63) is 46.9 Å². The van der Waals surface area contributed by atoms with E-state index in [-0.39, 0.29) is 5.56 Å². The number of amidine groups is 1. The van der Waals surface area contributed by atoms with Crippen LogP contribution in [-0.2, 0) is 7.05 Å². The summed E-state index contributed by atoms with van der Waals surface area (Å²) in [4.78, 5) is 1.86. The minimum Gasteiger partial charge on any atom is -0.385 e. The van der Waals surface area contributed by atoms with E-state index in [4.69, 9.17) is 5.41 Å². The highest BCUT2D eigenvalue weighted by Gasteiger charge is 2.26. The molecule has 0 bridgehead atoms. The Labute approximate surface area is 200 Å². The molecule has 0 atom stereocenters. The van der Waals surface area contributed by atoms with Gasteiger partial charge in [0.05, 0.1) is 6.20 Å². The molecule has 6 nitrogen and oxygen atoms in total. The number of aryl methyl sites for hydroxylation is 2. The summed E-state index contributed by atoms with van der Waals surface area (Å²) in [7, 11) is 1.78.